The molecule has 2 rings (SSSR count). The zero-order valence-corrected chi connectivity index (χ0v) is 13.6. The number of aromatic nitrogens is 2. The zero-order valence-electron chi connectivity index (χ0n) is 13.6. The summed E-state index contributed by atoms with van der Waals surface area (Å²) in [5, 5.41) is 10.4. The Kier molecular flexibility index (Phi) is 5.01. The summed E-state index contributed by atoms with van der Waals surface area (Å²) in [6.07, 6.45) is 1.01. The van der Waals surface area contributed by atoms with Crippen LogP contribution in [0.15, 0.2) is 18.3 Å². The van der Waals surface area contributed by atoms with Crippen LogP contribution in [-0.4, -0.2) is 52.3 Å². The number of piperidine rings is 1. The van der Waals surface area contributed by atoms with Gasteiger partial charge in [0.1, 0.15) is 11.4 Å². The predicted octanol–water partition coefficient (Wildman–Crippen LogP) is 2.78. The van der Waals surface area contributed by atoms with E-state index in [1.807, 2.05) is 0 Å². The molecule has 1 atom stereocenters. The van der Waals surface area contributed by atoms with Crippen LogP contribution in [0.4, 0.5) is 19.4 Å². The van der Waals surface area contributed by atoms with Crippen LogP contribution in [-0.2, 0) is 4.74 Å². The molecule has 0 radical (unpaired) electrons. The number of nitrogens with zero attached hydrogens (tertiary/aromatic N) is 3. The number of alkyl halides is 2. The number of amides is 1. The van der Waals surface area contributed by atoms with Crippen LogP contribution in [0.3, 0.4) is 0 Å². The molecule has 128 valence electrons. The molecule has 1 amide bonds. The number of hydrogen-bond acceptors (Lipinski definition) is 5. The van der Waals surface area contributed by atoms with E-state index in [2.05, 4.69) is 15.5 Å². The number of hydrogen-bond donors (Lipinski definition) is 1. The van der Waals surface area contributed by atoms with E-state index in [0.29, 0.717) is 5.82 Å². The normalized spacial score (nSPS) is 20.9. The third kappa shape index (κ3) is 5.01. The molecule has 23 heavy (non-hydrogen) atoms. The minimum atomic E-state index is -2.98. The number of halogens is 2. The van der Waals surface area contributed by atoms with Crippen LogP contribution >= 0.6 is 0 Å². The third-order valence-electron chi connectivity index (χ3n) is 3.50. The summed E-state index contributed by atoms with van der Waals surface area (Å²) in [6, 6.07) is 3.35. The van der Waals surface area contributed by atoms with E-state index in [0.717, 1.165) is 4.90 Å². The molecule has 1 N–H and O–H groups in total. The fourth-order valence-electron chi connectivity index (χ4n) is 2.34. The van der Waals surface area contributed by atoms with Crippen LogP contribution in [0.25, 0.3) is 0 Å². The van der Waals surface area contributed by atoms with Crippen molar-refractivity contribution < 1.29 is 18.3 Å². The van der Waals surface area contributed by atoms with Crippen LogP contribution in [0, 0.1) is 5.92 Å². The molecular weight excluding hydrogens is 306 g/mol. The predicted molar refractivity (Wildman–Crippen MR) is 81.4 cm³/mol. The first kappa shape index (κ1) is 17.4. The summed E-state index contributed by atoms with van der Waals surface area (Å²) in [5.74, 6) is -3.40. The molecule has 1 unspecified atom stereocenters. The number of ether oxygens (including phenoxy) is 1. The van der Waals surface area contributed by atoms with Gasteiger partial charge in [0.25, 0.3) is 5.92 Å². The Morgan fingerprint density at radius 2 is 2.26 bits per heavy atom. The molecule has 1 aliphatic heterocycles. The van der Waals surface area contributed by atoms with E-state index >= 15 is 0 Å². The van der Waals surface area contributed by atoms with Gasteiger partial charge in [-0.25, -0.2) is 13.6 Å². The SMILES string of the molecule is CC(C)(C)OC(=O)N1CCC(CNc2cccnn2)C(F)(F)C1. The van der Waals surface area contributed by atoms with Crippen molar-refractivity contribution in [1.82, 2.24) is 15.1 Å². The van der Waals surface area contributed by atoms with Gasteiger partial charge in [0, 0.05) is 25.2 Å². The average molecular weight is 328 g/mol. The Balaban J connectivity index is 1.91. The molecule has 0 saturated carbocycles. The van der Waals surface area contributed by atoms with E-state index < -0.39 is 30.1 Å². The van der Waals surface area contributed by atoms with Gasteiger partial charge in [0.15, 0.2) is 0 Å². The van der Waals surface area contributed by atoms with E-state index in [9.17, 15) is 13.6 Å². The van der Waals surface area contributed by atoms with Crippen molar-refractivity contribution in [3.63, 3.8) is 0 Å². The summed E-state index contributed by atoms with van der Waals surface area (Å²) < 4.78 is 33.7. The first-order valence-corrected chi connectivity index (χ1v) is 7.55. The van der Waals surface area contributed by atoms with Gasteiger partial charge in [-0.05, 0) is 39.3 Å². The summed E-state index contributed by atoms with van der Waals surface area (Å²) >= 11 is 0. The van der Waals surface area contributed by atoms with Crippen molar-refractivity contribution in [1.29, 1.82) is 0 Å². The molecule has 1 aromatic heterocycles. The molecule has 8 heteroatoms. The van der Waals surface area contributed by atoms with Crippen LogP contribution in [0.2, 0.25) is 0 Å². The van der Waals surface area contributed by atoms with Gasteiger partial charge < -0.3 is 15.0 Å². The Morgan fingerprint density at radius 3 is 2.83 bits per heavy atom. The van der Waals surface area contributed by atoms with Crippen molar-refractivity contribution in [2.45, 2.75) is 38.7 Å². The number of carbonyl (C=O) groups excluding carboxylic acids is 1. The smallest absolute Gasteiger partial charge is 0.410 e. The molecule has 0 aromatic carbocycles. The lowest BCUT2D eigenvalue weighted by atomic mass is 9.93. The van der Waals surface area contributed by atoms with Crippen molar-refractivity contribution in [3.8, 4) is 0 Å². The van der Waals surface area contributed by atoms with Crippen molar-refractivity contribution >= 4 is 11.9 Å². The largest absolute Gasteiger partial charge is 0.444 e. The molecular formula is C15H22F2N4O2. The van der Waals surface area contributed by atoms with Gasteiger partial charge in [-0.2, -0.15) is 5.10 Å². The monoisotopic (exact) mass is 328 g/mol. The Bertz CT molecular complexity index is 534. The maximum atomic E-state index is 14.3. The third-order valence-corrected chi connectivity index (χ3v) is 3.50. The molecule has 0 spiro atoms. The lowest BCUT2D eigenvalue weighted by Gasteiger charge is -2.38. The number of nitrogens with one attached hydrogen (secondary N) is 1. The molecule has 1 fully saturated rings. The standard InChI is InChI=1S/C15H22F2N4O2/c1-14(2,3)23-13(22)21-8-6-11(15(16,17)10-21)9-18-12-5-4-7-19-20-12/h4-5,7,11H,6,8-10H2,1-3H3,(H,18,20). The number of anilines is 1. The molecule has 0 bridgehead atoms. The van der Waals surface area contributed by atoms with Crippen LogP contribution in [0.5, 0.6) is 0 Å². The highest BCUT2D eigenvalue weighted by molar-refractivity contribution is 5.68. The maximum absolute atomic E-state index is 14.3. The summed E-state index contributed by atoms with van der Waals surface area (Å²) in [7, 11) is 0. The highest BCUT2D eigenvalue weighted by Crippen LogP contribution is 2.33. The highest BCUT2D eigenvalue weighted by atomic mass is 19.3. The Morgan fingerprint density at radius 1 is 1.52 bits per heavy atom. The maximum Gasteiger partial charge on any atom is 0.410 e. The number of carbonyl (C=O) groups is 1. The molecule has 6 nitrogen and oxygen atoms in total. The van der Waals surface area contributed by atoms with Crippen LogP contribution < -0.4 is 5.32 Å². The van der Waals surface area contributed by atoms with Gasteiger partial charge in [-0.1, -0.05) is 0 Å². The first-order chi connectivity index (χ1) is 10.7. The highest BCUT2D eigenvalue weighted by Gasteiger charge is 2.46. The number of likely N-dealkylation sites (tertiary alicyclic amines) is 1. The molecule has 1 saturated heterocycles. The van der Waals surface area contributed by atoms with Crippen molar-refractivity contribution in [2.75, 3.05) is 25.0 Å². The van der Waals surface area contributed by atoms with Gasteiger partial charge in [0.2, 0.25) is 0 Å². The van der Waals surface area contributed by atoms with E-state index in [-0.39, 0.29) is 19.5 Å². The lowest BCUT2D eigenvalue weighted by molar-refractivity contribution is -0.106. The second-order valence-corrected chi connectivity index (χ2v) is 6.64. The second kappa shape index (κ2) is 6.64. The van der Waals surface area contributed by atoms with Gasteiger partial charge >= 0.3 is 6.09 Å². The quantitative estimate of drug-likeness (QED) is 0.924. The summed E-state index contributed by atoms with van der Waals surface area (Å²) in [5.41, 5.74) is -0.698. The first-order valence-electron chi connectivity index (χ1n) is 7.55. The number of rotatable bonds is 3. The van der Waals surface area contributed by atoms with Gasteiger partial charge in [-0.3, -0.25) is 0 Å². The molecule has 2 heterocycles. The second-order valence-electron chi connectivity index (χ2n) is 6.64. The van der Waals surface area contributed by atoms with Crippen molar-refractivity contribution in [2.24, 2.45) is 5.92 Å². The fourth-order valence-corrected chi connectivity index (χ4v) is 2.34. The Labute approximate surface area is 134 Å². The fraction of sp³-hybridized carbons (Fsp3) is 0.667. The molecule has 0 aliphatic carbocycles. The zero-order chi connectivity index (χ0) is 17.1. The topological polar surface area (TPSA) is 67.3 Å². The Hall–Kier alpha value is -1.99. The average Bonchev–Trinajstić information content (AvgIpc) is 2.44. The van der Waals surface area contributed by atoms with Crippen molar-refractivity contribution in [3.05, 3.63) is 18.3 Å². The summed E-state index contributed by atoms with van der Waals surface area (Å²) in [4.78, 5) is 13.0. The van der Waals surface area contributed by atoms with Crippen LogP contribution in [0.1, 0.15) is 27.2 Å². The summed E-state index contributed by atoms with van der Waals surface area (Å²) in [6.45, 7) is 4.82. The lowest BCUT2D eigenvalue weighted by Crippen LogP contribution is -2.53. The molecule has 1 aromatic rings. The van der Waals surface area contributed by atoms with Gasteiger partial charge in [-0.15, -0.1) is 5.10 Å². The van der Waals surface area contributed by atoms with E-state index in [4.69, 9.17) is 4.74 Å². The minimum Gasteiger partial charge on any atom is -0.444 e. The van der Waals surface area contributed by atoms with Gasteiger partial charge in [0.05, 0.1) is 6.54 Å². The van der Waals surface area contributed by atoms with E-state index in [1.54, 1.807) is 32.9 Å². The van der Waals surface area contributed by atoms with E-state index in [1.165, 1.54) is 6.20 Å². The molecule has 1 aliphatic rings. The minimum absolute atomic E-state index is 0.0772.